The second-order valence-electron chi connectivity index (χ2n) is 1.76. The van der Waals surface area contributed by atoms with Crippen LogP contribution in [0.1, 0.15) is 5.56 Å². The molecular weight excluding hydrogens is 184 g/mol. The molecule has 0 aliphatic heterocycles. The van der Waals surface area contributed by atoms with Crippen LogP contribution >= 0.6 is 23.8 Å². The van der Waals surface area contributed by atoms with E-state index < -0.39 is 0 Å². The van der Waals surface area contributed by atoms with Crippen LogP contribution in [0.4, 0.5) is 0 Å². The van der Waals surface area contributed by atoms with Crippen molar-refractivity contribution >= 4 is 34.1 Å². The molecule has 0 spiro atoms. The molecule has 0 aromatic carbocycles. The molecule has 11 heavy (non-hydrogen) atoms. The van der Waals surface area contributed by atoms with Gasteiger partial charge in [0.1, 0.15) is 12.1 Å². The third-order valence-corrected chi connectivity index (χ3v) is 1.20. The normalized spacial score (nSPS) is 11.5. The van der Waals surface area contributed by atoms with Gasteiger partial charge in [0.05, 0.1) is 11.8 Å². The van der Waals surface area contributed by atoms with E-state index in [0.29, 0.717) is 5.56 Å². The van der Waals surface area contributed by atoms with Crippen molar-refractivity contribution in [2.75, 3.05) is 0 Å². The second-order valence-corrected chi connectivity index (χ2v) is 2.73. The largest absolute Gasteiger partial charge is 0.472 e. The van der Waals surface area contributed by atoms with Crippen LogP contribution in [0.15, 0.2) is 28.0 Å². The lowest BCUT2D eigenvalue weighted by atomic mass is 10.3. The Morgan fingerprint density at radius 3 is 2.91 bits per heavy atom. The van der Waals surface area contributed by atoms with Crippen molar-refractivity contribution in [3.63, 3.8) is 0 Å². The van der Waals surface area contributed by atoms with Crippen LogP contribution < -0.4 is 5.73 Å². The van der Waals surface area contributed by atoms with Crippen molar-refractivity contribution < 1.29 is 4.42 Å². The molecule has 1 aromatic heterocycles. The van der Waals surface area contributed by atoms with E-state index in [1.165, 1.54) is 12.5 Å². The fraction of sp³-hybridized carbons (Fsp3) is 0. The quantitative estimate of drug-likeness (QED) is 0.239. The van der Waals surface area contributed by atoms with E-state index in [9.17, 15) is 0 Å². The first-order valence-electron chi connectivity index (χ1n) is 2.76. The van der Waals surface area contributed by atoms with Crippen LogP contribution in [0.2, 0.25) is 0 Å². The molecular formula is C6H5ClN2OS. The van der Waals surface area contributed by atoms with Gasteiger partial charge in [-0.1, -0.05) is 0 Å². The zero-order valence-electron chi connectivity index (χ0n) is 5.45. The highest BCUT2D eigenvalue weighted by Crippen LogP contribution is 2.00. The first kappa shape index (κ1) is 8.23. The number of rotatable bonds is 1. The summed E-state index contributed by atoms with van der Waals surface area (Å²) in [5, 5.41) is 0. The minimum atomic E-state index is -0.0105. The van der Waals surface area contributed by atoms with Crippen molar-refractivity contribution in [3.05, 3.63) is 24.2 Å². The SMILES string of the molecule is NC(=NC(=S)Cl)c1ccoc1. The van der Waals surface area contributed by atoms with Crippen molar-refractivity contribution in [1.29, 1.82) is 0 Å². The Labute approximate surface area is 73.9 Å². The Bertz CT molecular complexity index is 281. The lowest BCUT2D eigenvalue weighted by Gasteiger charge is -1.91. The molecule has 0 unspecified atom stereocenters. The lowest BCUT2D eigenvalue weighted by Crippen LogP contribution is -2.12. The van der Waals surface area contributed by atoms with Gasteiger partial charge in [0.2, 0.25) is 0 Å². The zero-order chi connectivity index (χ0) is 8.27. The van der Waals surface area contributed by atoms with Gasteiger partial charge >= 0.3 is 0 Å². The minimum absolute atomic E-state index is 0.0105. The summed E-state index contributed by atoms with van der Waals surface area (Å²) < 4.78 is 4.76. The molecule has 0 radical (unpaired) electrons. The smallest absolute Gasteiger partial charge is 0.195 e. The van der Waals surface area contributed by atoms with Crippen LogP contribution in [0, 0.1) is 0 Å². The fourth-order valence-corrected chi connectivity index (χ4v) is 0.759. The molecule has 5 heteroatoms. The Kier molecular flexibility index (Phi) is 2.62. The predicted octanol–water partition coefficient (Wildman–Crippen LogP) is 1.51. The average Bonchev–Trinajstić information content (AvgIpc) is 2.35. The third-order valence-electron chi connectivity index (χ3n) is 1.03. The topological polar surface area (TPSA) is 51.5 Å². The van der Waals surface area contributed by atoms with E-state index in [1.807, 2.05) is 0 Å². The summed E-state index contributed by atoms with van der Waals surface area (Å²) in [6, 6.07) is 1.67. The number of aliphatic imine (C=N–C) groups is 1. The molecule has 0 saturated carbocycles. The van der Waals surface area contributed by atoms with Crippen LogP contribution in [-0.4, -0.2) is 10.3 Å². The standard InChI is InChI=1S/C6H5ClN2OS/c7-6(11)9-5(8)4-1-2-10-3-4/h1-3H,(H2,8,9,11). The van der Waals surface area contributed by atoms with Gasteiger partial charge in [-0.3, -0.25) is 0 Å². The van der Waals surface area contributed by atoms with Crippen molar-refractivity contribution in [3.8, 4) is 0 Å². The van der Waals surface area contributed by atoms with E-state index in [1.54, 1.807) is 6.07 Å². The van der Waals surface area contributed by atoms with Gasteiger partial charge in [-0.05, 0) is 29.9 Å². The van der Waals surface area contributed by atoms with Gasteiger partial charge < -0.3 is 10.2 Å². The van der Waals surface area contributed by atoms with Gasteiger partial charge in [-0.15, -0.1) is 0 Å². The maximum absolute atomic E-state index is 5.46. The highest BCUT2D eigenvalue weighted by molar-refractivity contribution is 7.83. The number of nitrogens with two attached hydrogens (primary N) is 1. The van der Waals surface area contributed by atoms with Crippen molar-refractivity contribution in [2.45, 2.75) is 0 Å². The van der Waals surface area contributed by atoms with Crippen LogP contribution in [0.5, 0.6) is 0 Å². The summed E-state index contributed by atoms with van der Waals surface area (Å²) in [5.41, 5.74) is 6.13. The molecule has 0 aliphatic carbocycles. The Balaban J connectivity index is 2.86. The molecule has 58 valence electrons. The summed E-state index contributed by atoms with van der Waals surface area (Å²) in [6.45, 7) is 0. The molecule has 1 heterocycles. The number of thiocarbonyl (C=S) groups is 1. The summed E-state index contributed by atoms with van der Waals surface area (Å²) in [4.78, 5) is 3.65. The number of furan rings is 1. The summed E-state index contributed by atoms with van der Waals surface area (Å²) in [6.07, 6.45) is 2.96. The molecule has 0 bridgehead atoms. The van der Waals surface area contributed by atoms with Gasteiger partial charge in [0, 0.05) is 0 Å². The molecule has 0 aliphatic rings. The summed E-state index contributed by atoms with van der Waals surface area (Å²) in [5.74, 6) is 0.263. The van der Waals surface area contributed by atoms with Crippen LogP contribution in [0.25, 0.3) is 0 Å². The number of hydrogen-bond acceptors (Lipinski definition) is 2. The van der Waals surface area contributed by atoms with E-state index in [-0.39, 0.29) is 10.3 Å². The number of halogens is 1. The summed E-state index contributed by atoms with van der Waals surface area (Å²) in [7, 11) is 0. The number of amidine groups is 1. The van der Waals surface area contributed by atoms with Gasteiger partial charge in [-0.2, -0.15) is 0 Å². The average molecular weight is 189 g/mol. The predicted molar refractivity (Wildman–Crippen MR) is 47.9 cm³/mol. The number of nitrogens with zero attached hydrogens (tertiary/aromatic N) is 1. The minimum Gasteiger partial charge on any atom is -0.472 e. The first-order chi connectivity index (χ1) is 5.20. The van der Waals surface area contributed by atoms with E-state index in [2.05, 4.69) is 17.2 Å². The molecule has 0 amide bonds. The zero-order valence-corrected chi connectivity index (χ0v) is 7.02. The molecule has 0 atom stereocenters. The molecule has 1 aromatic rings. The van der Waals surface area contributed by atoms with E-state index in [0.717, 1.165) is 0 Å². The Morgan fingerprint density at radius 1 is 1.73 bits per heavy atom. The Hall–Kier alpha value is -0.870. The maximum atomic E-state index is 5.46. The first-order valence-corrected chi connectivity index (χ1v) is 3.55. The van der Waals surface area contributed by atoms with Crippen molar-refractivity contribution in [2.24, 2.45) is 10.7 Å². The van der Waals surface area contributed by atoms with E-state index >= 15 is 0 Å². The van der Waals surface area contributed by atoms with Crippen molar-refractivity contribution in [1.82, 2.24) is 0 Å². The molecule has 2 N–H and O–H groups in total. The molecule has 0 saturated heterocycles. The monoisotopic (exact) mass is 188 g/mol. The highest BCUT2D eigenvalue weighted by Gasteiger charge is 1.98. The molecule has 1 rings (SSSR count). The fourth-order valence-electron chi connectivity index (χ4n) is 0.569. The highest BCUT2D eigenvalue weighted by atomic mass is 35.5. The second kappa shape index (κ2) is 3.50. The van der Waals surface area contributed by atoms with Gasteiger partial charge in [0.25, 0.3) is 0 Å². The van der Waals surface area contributed by atoms with E-state index in [4.69, 9.17) is 21.8 Å². The van der Waals surface area contributed by atoms with Crippen LogP contribution in [0.3, 0.4) is 0 Å². The number of hydrogen-bond donors (Lipinski definition) is 1. The summed E-state index contributed by atoms with van der Waals surface area (Å²) >= 11 is 9.84. The van der Waals surface area contributed by atoms with Gasteiger partial charge in [-0.25, -0.2) is 4.99 Å². The Morgan fingerprint density at radius 2 is 2.45 bits per heavy atom. The molecule has 0 fully saturated rings. The third kappa shape index (κ3) is 2.32. The van der Waals surface area contributed by atoms with Gasteiger partial charge in [0.15, 0.2) is 4.45 Å². The van der Waals surface area contributed by atoms with Crippen LogP contribution in [-0.2, 0) is 0 Å². The molecule has 3 nitrogen and oxygen atoms in total. The lowest BCUT2D eigenvalue weighted by molar-refractivity contribution is 0.567. The maximum Gasteiger partial charge on any atom is 0.195 e.